The molecule has 118 valence electrons. The van der Waals surface area contributed by atoms with E-state index >= 15 is 0 Å². The highest BCUT2D eigenvalue weighted by molar-refractivity contribution is 5.80. The average molecular weight is 304 g/mol. The normalized spacial score (nSPS) is 23.8. The van der Waals surface area contributed by atoms with Gasteiger partial charge >= 0.3 is 5.97 Å². The van der Waals surface area contributed by atoms with Gasteiger partial charge in [-0.25, -0.2) is 0 Å². The second-order valence-corrected chi connectivity index (χ2v) is 5.82. The third kappa shape index (κ3) is 3.22. The predicted octanol–water partition coefficient (Wildman–Crippen LogP) is 0.655. The van der Waals surface area contributed by atoms with Gasteiger partial charge in [-0.1, -0.05) is 18.2 Å². The molecule has 0 saturated carbocycles. The van der Waals surface area contributed by atoms with E-state index in [2.05, 4.69) is 5.32 Å². The molecule has 1 aromatic carbocycles. The number of benzene rings is 1. The number of carbonyl (C=O) groups is 2. The maximum Gasteiger partial charge on any atom is 0.320 e. The maximum atomic E-state index is 12.0. The molecule has 0 bridgehead atoms. The van der Waals surface area contributed by atoms with E-state index in [-0.39, 0.29) is 18.6 Å². The van der Waals surface area contributed by atoms with Crippen molar-refractivity contribution in [2.75, 3.05) is 19.6 Å². The number of likely N-dealkylation sites (tertiary alicyclic amines) is 1. The Hall–Kier alpha value is -2.08. The molecule has 2 aliphatic heterocycles. The average Bonchev–Trinajstić information content (AvgIpc) is 3.10. The minimum absolute atomic E-state index is 0.0461. The molecule has 2 aliphatic rings. The minimum Gasteiger partial charge on any atom is -0.488 e. The van der Waals surface area contributed by atoms with Crippen molar-refractivity contribution >= 4 is 11.9 Å². The molecule has 2 heterocycles. The lowest BCUT2D eigenvalue weighted by atomic mass is 10.1. The molecule has 6 nitrogen and oxygen atoms in total. The first-order chi connectivity index (χ1) is 10.6. The summed E-state index contributed by atoms with van der Waals surface area (Å²) in [4.78, 5) is 24.8. The number of rotatable bonds is 5. The number of amides is 1. The molecule has 1 saturated heterocycles. The molecule has 3 rings (SSSR count). The highest BCUT2D eigenvalue weighted by Crippen LogP contribution is 2.27. The summed E-state index contributed by atoms with van der Waals surface area (Å²) < 4.78 is 5.76. The quantitative estimate of drug-likeness (QED) is 0.835. The van der Waals surface area contributed by atoms with Crippen LogP contribution in [0.2, 0.25) is 0 Å². The van der Waals surface area contributed by atoms with E-state index in [1.54, 1.807) is 4.90 Å². The summed E-state index contributed by atoms with van der Waals surface area (Å²) in [5.41, 5.74) is 1.16. The fourth-order valence-electron chi connectivity index (χ4n) is 3.13. The van der Waals surface area contributed by atoms with Gasteiger partial charge in [0.05, 0.1) is 13.1 Å². The van der Waals surface area contributed by atoms with E-state index in [1.807, 2.05) is 24.3 Å². The first kappa shape index (κ1) is 14.8. The molecule has 1 amide bonds. The van der Waals surface area contributed by atoms with Crippen molar-refractivity contribution in [3.05, 3.63) is 29.8 Å². The third-order valence-corrected chi connectivity index (χ3v) is 4.24. The summed E-state index contributed by atoms with van der Waals surface area (Å²) in [5.74, 6) is -0.111. The van der Waals surface area contributed by atoms with Crippen LogP contribution < -0.4 is 10.1 Å². The topological polar surface area (TPSA) is 78.9 Å². The molecule has 0 aliphatic carbocycles. The van der Waals surface area contributed by atoms with Crippen molar-refractivity contribution in [2.45, 2.75) is 31.4 Å². The first-order valence-corrected chi connectivity index (χ1v) is 7.61. The van der Waals surface area contributed by atoms with Crippen molar-refractivity contribution in [1.29, 1.82) is 0 Å². The smallest absolute Gasteiger partial charge is 0.320 e. The van der Waals surface area contributed by atoms with Crippen LogP contribution in [-0.2, 0) is 16.0 Å². The number of nitrogens with one attached hydrogen (secondary N) is 1. The molecular weight excluding hydrogens is 284 g/mol. The molecule has 1 fully saturated rings. The second kappa shape index (κ2) is 6.36. The Morgan fingerprint density at radius 2 is 2.18 bits per heavy atom. The molecule has 0 aromatic heterocycles. The van der Waals surface area contributed by atoms with E-state index in [4.69, 9.17) is 9.84 Å². The Morgan fingerprint density at radius 3 is 2.95 bits per heavy atom. The van der Waals surface area contributed by atoms with Crippen LogP contribution in [0.3, 0.4) is 0 Å². The highest BCUT2D eigenvalue weighted by atomic mass is 16.5. The molecule has 2 N–H and O–H groups in total. The van der Waals surface area contributed by atoms with Gasteiger partial charge in [0.1, 0.15) is 17.9 Å². The standard InChI is InChI=1S/C16H20N2O4/c19-15(10-18-7-3-5-13(18)16(20)21)17-9-12-8-11-4-1-2-6-14(11)22-12/h1-2,4,6,12-13H,3,5,7-10H2,(H,17,19)(H,20,21). The van der Waals surface area contributed by atoms with Crippen LogP contribution in [0.4, 0.5) is 0 Å². The zero-order valence-electron chi connectivity index (χ0n) is 12.3. The van der Waals surface area contributed by atoms with E-state index < -0.39 is 12.0 Å². The van der Waals surface area contributed by atoms with Gasteiger partial charge < -0.3 is 15.2 Å². The molecule has 2 atom stereocenters. The van der Waals surface area contributed by atoms with Crippen molar-refractivity contribution in [3.8, 4) is 5.75 Å². The second-order valence-electron chi connectivity index (χ2n) is 5.82. The van der Waals surface area contributed by atoms with E-state index in [0.717, 1.165) is 24.2 Å². The lowest BCUT2D eigenvalue weighted by Gasteiger charge is -2.20. The van der Waals surface area contributed by atoms with Crippen LogP contribution in [0, 0.1) is 0 Å². The third-order valence-electron chi connectivity index (χ3n) is 4.24. The Labute approximate surface area is 129 Å². The zero-order chi connectivity index (χ0) is 15.5. The number of hydrogen-bond donors (Lipinski definition) is 2. The number of aliphatic carboxylic acids is 1. The van der Waals surface area contributed by atoms with Crippen LogP contribution >= 0.6 is 0 Å². The summed E-state index contributed by atoms with van der Waals surface area (Å²) in [6.07, 6.45) is 2.18. The summed E-state index contributed by atoms with van der Waals surface area (Å²) in [5, 5.41) is 12.0. The number of nitrogens with zero attached hydrogens (tertiary/aromatic N) is 1. The Kier molecular flexibility index (Phi) is 4.29. The van der Waals surface area contributed by atoms with Gasteiger partial charge in [-0.2, -0.15) is 0 Å². The van der Waals surface area contributed by atoms with Gasteiger partial charge in [0.2, 0.25) is 5.91 Å². The van der Waals surface area contributed by atoms with Crippen molar-refractivity contribution in [1.82, 2.24) is 10.2 Å². The predicted molar refractivity (Wildman–Crippen MR) is 79.8 cm³/mol. The number of carboxylic acid groups (broad SMARTS) is 1. The maximum absolute atomic E-state index is 12.0. The number of carboxylic acids is 1. The van der Waals surface area contributed by atoms with E-state index in [1.165, 1.54) is 0 Å². The Balaban J connectivity index is 1.45. The first-order valence-electron chi connectivity index (χ1n) is 7.61. The molecule has 1 aromatic rings. The van der Waals surface area contributed by atoms with Crippen LogP contribution in [0.25, 0.3) is 0 Å². The Morgan fingerprint density at radius 1 is 1.36 bits per heavy atom. The summed E-state index contributed by atoms with van der Waals surface area (Å²) in [6, 6.07) is 7.33. The number of carbonyl (C=O) groups excluding carboxylic acids is 1. The number of fused-ring (bicyclic) bond motifs is 1. The fourth-order valence-corrected chi connectivity index (χ4v) is 3.13. The van der Waals surface area contributed by atoms with Crippen molar-refractivity contribution in [3.63, 3.8) is 0 Å². The summed E-state index contributed by atoms with van der Waals surface area (Å²) in [6.45, 7) is 1.24. The fraction of sp³-hybridized carbons (Fsp3) is 0.500. The van der Waals surface area contributed by atoms with Crippen LogP contribution in [-0.4, -0.2) is 53.7 Å². The molecule has 0 spiro atoms. The minimum atomic E-state index is -0.847. The Bertz CT molecular complexity index is 550. The van der Waals surface area contributed by atoms with Crippen LogP contribution in [0.5, 0.6) is 5.75 Å². The van der Waals surface area contributed by atoms with Gasteiger partial charge in [0.15, 0.2) is 0 Å². The largest absolute Gasteiger partial charge is 0.488 e. The lowest BCUT2D eigenvalue weighted by molar-refractivity contribution is -0.142. The van der Waals surface area contributed by atoms with Crippen LogP contribution in [0.1, 0.15) is 18.4 Å². The molecule has 0 radical (unpaired) electrons. The van der Waals surface area contributed by atoms with Crippen molar-refractivity contribution in [2.24, 2.45) is 0 Å². The number of hydrogen-bond acceptors (Lipinski definition) is 4. The number of ether oxygens (including phenoxy) is 1. The molecule has 22 heavy (non-hydrogen) atoms. The van der Waals surface area contributed by atoms with Gasteiger partial charge in [-0.3, -0.25) is 14.5 Å². The van der Waals surface area contributed by atoms with Crippen molar-refractivity contribution < 1.29 is 19.4 Å². The lowest BCUT2D eigenvalue weighted by Crippen LogP contribution is -2.44. The van der Waals surface area contributed by atoms with Gasteiger partial charge in [-0.05, 0) is 31.0 Å². The molecular formula is C16H20N2O4. The summed E-state index contributed by atoms with van der Waals surface area (Å²) >= 11 is 0. The van der Waals surface area contributed by atoms with Gasteiger partial charge in [-0.15, -0.1) is 0 Å². The molecule has 6 heteroatoms. The van der Waals surface area contributed by atoms with Gasteiger partial charge in [0.25, 0.3) is 0 Å². The number of para-hydroxylation sites is 1. The summed E-state index contributed by atoms with van der Waals surface area (Å²) in [7, 11) is 0. The van der Waals surface area contributed by atoms with Crippen LogP contribution in [0.15, 0.2) is 24.3 Å². The van der Waals surface area contributed by atoms with Gasteiger partial charge in [0, 0.05) is 6.42 Å². The highest BCUT2D eigenvalue weighted by Gasteiger charge is 2.31. The van der Waals surface area contributed by atoms with E-state index in [0.29, 0.717) is 19.5 Å². The zero-order valence-corrected chi connectivity index (χ0v) is 12.3. The monoisotopic (exact) mass is 304 g/mol. The van der Waals surface area contributed by atoms with E-state index in [9.17, 15) is 9.59 Å². The molecule has 2 unspecified atom stereocenters. The SMILES string of the molecule is O=C(CN1CCCC1C(=O)O)NCC1Cc2ccccc2O1.